The van der Waals surface area contributed by atoms with Gasteiger partial charge in [-0.15, -0.1) is 0 Å². The molecule has 1 aromatic carbocycles. The summed E-state index contributed by atoms with van der Waals surface area (Å²) in [5.41, 5.74) is 2.70. The Labute approximate surface area is 116 Å². The van der Waals surface area contributed by atoms with E-state index in [1.165, 1.54) is 12.1 Å². The minimum absolute atomic E-state index is 0.257. The Bertz CT molecular complexity index is 613. The number of urea groups is 1. The molecule has 0 radical (unpaired) electrons. The molecule has 1 heterocycles. The maximum Gasteiger partial charge on any atom is 0.319 e. The fourth-order valence-corrected chi connectivity index (χ4v) is 1.58. The zero-order valence-electron chi connectivity index (χ0n) is 11.3. The second-order valence-electron chi connectivity index (χ2n) is 4.42. The van der Waals surface area contributed by atoms with Gasteiger partial charge in [-0.25, -0.2) is 9.18 Å². The molecule has 0 aliphatic heterocycles. The lowest BCUT2D eigenvalue weighted by Crippen LogP contribution is -2.28. The topological polar surface area (TPSA) is 66.9 Å². The van der Waals surface area contributed by atoms with Gasteiger partial charge < -0.3 is 10.6 Å². The summed E-state index contributed by atoms with van der Waals surface area (Å²) in [4.78, 5) is 19.9. The van der Waals surface area contributed by atoms with Crippen LogP contribution in [0.1, 0.15) is 17.0 Å². The van der Waals surface area contributed by atoms with E-state index in [2.05, 4.69) is 20.6 Å². The molecule has 0 bridgehead atoms. The van der Waals surface area contributed by atoms with Crippen molar-refractivity contribution in [3.8, 4) is 0 Å². The van der Waals surface area contributed by atoms with Gasteiger partial charge in [-0.05, 0) is 31.5 Å². The maximum absolute atomic E-state index is 13.1. The highest BCUT2D eigenvalue weighted by molar-refractivity contribution is 5.89. The minimum atomic E-state index is -0.416. The molecule has 0 aliphatic carbocycles. The molecular formula is C14H15FN4O. The molecule has 20 heavy (non-hydrogen) atoms. The first-order valence-corrected chi connectivity index (χ1v) is 6.13. The third kappa shape index (κ3) is 3.74. The van der Waals surface area contributed by atoms with Crippen LogP contribution in [-0.2, 0) is 6.54 Å². The Kier molecular flexibility index (Phi) is 4.24. The van der Waals surface area contributed by atoms with Crippen LogP contribution in [-0.4, -0.2) is 16.0 Å². The Balaban J connectivity index is 1.92. The van der Waals surface area contributed by atoms with E-state index < -0.39 is 11.8 Å². The molecule has 2 rings (SSSR count). The van der Waals surface area contributed by atoms with Crippen molar-refractivity contribution in [2.75, 3.05) is 5.32 Å². The third-order valence-corrected chi connectivity index (χ3v) is 2.71. The van der Waals surface area contributed by atoms with Crippen molar-refractivity contribution in [1.82, 2.24) is 15.3 Å². The van der Waals surface area contributed by atoms with Gasteiger partial charge >= 0.3 is 6.03 Å². The first-order chi connectivity index (χ1) is 9.54. The van der Waals surface area contributed by atoms with Gasteiger partial charge in [0.05, 0.1) is 24.1 Å². The average Bonchev–Trinajstić information content (AvgIpc) is 2.42. The zero-order valence-corrected chi connectivity index (χ0v) is 11.3. The molecule has 5 nitrogen and oxygen atoms in total. The van der Waals surface area contributed by atoms with Gasteiger partial charge in [0.2, 0.25) is 0 Å². The quantitative estimate of drug-likeness (QED) is 0.904. The third-order valence-electron chi connectivity index (χ3n) is 2.71. The molecule has 0 spiro atoms. The molecule has 2 N–H and O–H groups in total. The number of amides is 2. The van der Waals surface area contributed by atoms with E-state index in [4.69, 9.17) is 0 Å². The molecule has 0 fully saturated rings. The summed E-state index contributed by atoms with van der Waals surface area (Å²) in [5.74, 6) is -0.393. The van der Waals surface area contributed by atoms with Crippen LogP contribution in [0.5, 0.6) is 0 Å². The number of aryl methyl sites for hydroxylation is 2. The van der Waals surface area contributed by atoms with E-state index in [1.54, 1.807) is 25.4 Å². The summed E-state index contributed by atoms with van der Waals surface area (Å²) in [7, 11) is 0. The van der Waals surface area contributed by atoms with Gasteiger partial charge in [0.25, 0.3) is 0 Å². The summed E-state index contributed by atoms with van der Waals surface area (Å²) < 4.78 is 13.1. The molecule has 0 aliphatic rings. The first-order valence-electron chi connectivity index (χ1n) is 6.13. The van der Waals surface area contributed by atoms with Crippen LogP contribution in [0.2, 0.25) is 0 Å². The Morgan fingerprint density at radius 2 is 2.05 bits per heavy atom. The summed E-state index contributed by atoms with van der Waals surface area (Å²) in [6.07, 6.45) is 3.23. The molecule has 6 heteroatoms. The number of anilines is 1. The number of hydrogen-bond donors (Lipinski definition) is 2. The lowest BCUT2D eigenvalue weighted by molar-refractivity contribution is 0.251. The average molecular weight is 274 g/mol. The number of carbonyl (C=O) groups is 1. The van der Waals surface area contributed by atoms with Crippen LogP contribution >= 0.6 is 0 Å². The van der Waals surface area contributed by atoms with E-state index in [0.29, 0.717) is 11.4 Å². The Morgan fingerprint density at radius 3 is 2.75 bits per heavy atom. The zero-order chi connectivity index (χ0) is 14.5. The summed E-state index contributed by atoms with van der Waals surface area (Å²) in [6.45, 7) is 3.89. The highest BCUT2D eigenvalue weighted by Crippen LogP contribution is 2.15. The van der Waals surface area contributed by atoms with E-state index >= 15 is 0 Å². The molecule has 2 amide bonds. The minimum Gasteiger partial charge on any atom is -0.332 e. The number of hydrogen-bond acceptors (Lipinski definition) is 3. The predicted octanol–water partition coefficient (Wildman–Crippen LogP) is 2.55. The first kappa shape index (κ1) is 13.9. The maximum atomic E-state index is 13.1. The number of halogens is 1. The number of benzene rings is 1. The summed E-state index contributed by atoms with van der Waals surface area (Å²) in [5, 5.41) is 5.23. The van der Waals surface area contributed by atoms with E-state index in [-0.39, 0.29) is 6.54 Å². The van der Waals surface area contributed by atoms with Crippen LogP contribution in [0.25, 0.3) is 0 Å². The normalized spacial score (nSPS) is 10.2. The number of rotatable bonds is 3. The van der Waals surface area contributed by atoms with Gasteiger partial charge in [-0.3, -0.25) is 9.97 Å². The second-order valence-corrected chi connectivity index (χ2v) is 4.42. The number of carbonyl (C=O) groups excluding carboxylic acids is 1. The molecule has 104 valence electrons. The number of nitrogens with zero attached hydrogens (tertiary/aromatic N) is 2. The fourth-order valence-electron chi connectivity index (χ4n) is 1.58. The number of aromatic nitrogens is 2. The largest absolute Gasteiger partial charge is 0.332 e. The molecular weight excluding hydrogens is 259 g/mol. The van der Waals surface area contributed by atoms with Crippen LogP contribution in [0.4, 0.5) is 14.9 Å². The van der Waals surface area contributed by atoms with Crippen LogP contribution < -0.4 is 10.6 Å². The van der Waals surface area contributed by atoms with Gasteiger partial charge in [0.1, 0.15) is 5.82 Å². The van der Waals surface area contributed by atoms with Gasteiger partial charge in [0.15, 0.2) is 0 Å². The summed E-state index contributed by atoms with van der Waals surface area (Å²) in [6, 6.07) is 3.82. The van der Waals surface area contributed by atoms with Crippen molar-refractivity contribution in [3.63, 3.8) is 0 Å². The fraction of sp³-hybridized carbons (Fsp3) is 0.214. The summed E-state index contributed by atoms with van der Waals surface area (Å²) >= 11 is 0. The highest BCUT2D eigenvalue weighted by atomic mass is 19.1. The lowest BCUT2D eigenvalue weighted by atomic mass is 10.2. The molecule has 1 aromatic heterocycles. The van der Waals surface area contributed by atoms with Crippen molar-refractivity contribution >= 4 is 11.7 Å². The molecule has 2 aromatic rings. The van der Waals surface area contributed by atoms with Crippen molar-refractivity contribution in [2.45, 2.75) is 20.4 Å². The van der Waals surface area contributed by atoms with Crippen molar-refractivity contribution < 1.29 is 9.18 Å². The molecule has 0 saturated heterocycles. The molecule has 0 atom stereocenters. The van der Waals surface area contributed by atoms with Gasteiger partial charge in [-0.1, -0.05) is 6.07 Å². The van der Waals surface area contributed by atoms with Crippen LogP contribution in [0, 0.1) is 19.7 Å². The highest BCUT2D eigenvalue weighted by Gasteiger charge is 2.06. The van der Waals surface area contributed by atoms with Crippen molar-refractivity contribution in [2.24, 2.45) is 0 Å². The standard InChI is InChI=1S/C14H15FN4O/c1-9-3-4-11(15)5-13(9)19-14(20)18-8-12-7-16-10(2)6-17-12/h3-7H,8H2,1-2H3,(H2,18,19,20). The lowest BCUT2D eigenvalue weighted by Gasteiger charge is -2.09. The molecule has 0 unspecified atom stereocenters. The Hall–Kier alpha value is -2.50. The smallest absolute Gasteiger partial charge is 0.319 e. The SMILES string of the molecule is Cc1cnc(CNC(=O)Nc2cc(F)ccc2C)cn1. The number of nitrogens with one attached hydrogen (secondary N) is 2. The van der Waals surface area contributed by atoms with Crippen LogP contribution in [0.3, 0.4) is 0 Å². The van der Waals surface area contributed by atoms with Crippen LogP contribution in [0.15, 0.2) is 30.6 Å². The predicted molar refractivity (Wildman–Crippen MR) is 73.8 cm³/mol. The second kappa shape index (κ2) is 6.10. The van der Waals surface area contributed by atoms with Crippen molar-refractivity contribution in [1.29, 1.82) is 0 Å². The van der Waals surface area contributed by atoms with E-state index in [9.17, 15) is 9.18 Å². The van der Waals surface area contributed by atoms with Gasteiger partial charge in [-0.2, -0.15) is 0 Å². The van der Waals surface area contributed by atoms with Crippen molar-refractivity contribution in [3.05, 3.63) is 53.4 Å². The van der Waals surface area contributed by atoms with E-state index in [1.807, 2.05) is 6.92 Å². The van der Waals surface area contributed by atoms with Gasteiger partial charge in [0, 0.05) is 11.9 Å². The monoisotopic (exact) mass is 274 g/mol. The Morgan fingerprint density at radius 1 is 1.25 bits per heavy atom. The van der Waals surface area contributed by atoms with E-state index in [0.717, 1.165) is 11.3 Å². The molecule has 0 saturated carbocycles.